The fourth-order valence-electron chi connectivity index (χ4n) is 2.31. The lowest BCUT2D eigenvalue weighted by Crippen LogP contribution is -1.97. The number of halogens is 1. The van der Waals surface area contributed by atoms with Gasteiger partial charge >= 0.3 is 0 Å². The minimum atomic E-state index is -0.226. The lowest BCUT2D eigenvalue weighted by Gasteiger charge is -2.06. The quantitative estimate of drug-likeness (QED) is 0.676. The molecule has 0 aliphatic carbocycles. The third kappa shape index (κ3) is 2.35. The van der Waals surface area contributed by atoms with E-state index in [-0.39, 0.29) is 5.82 Å². The Bertz CT molecular complexity index is 742. The predicted molar refractivity (Wildman–Crippen MR) is 78.4 cm³/mol. The molecule has 0 atom stereocenters. The van der Waals surface area contributed by atoms with E-state index in [0.29, 0.717) is 0 Å². The predicted octanol–water partition coefficient (Wildman–Crippen LogP) is 4.30. The third-order valence-corrected chi connectivity index (χ3v) is 3.36. The first kappa shape index (κ1) is 12.6. The average Bonchev–Trinajstić information content (AvgIpc) is 2.89. The highest BCUT2D eigenvalue weighted by atomic mass is 19.1. The van der Waals surface area contributed by atoms with Crippen molar-refractivity contribution in [2.45, 2.75) is 13.8 Å². The molecular weight excluding hydrogens is 251 g/mol. The third-order valence-electron chi connectivity index (χ3n) is 3.36. The number of rotatable bonds is 2. The van der Waals surface area contributed by atoms with Crippen LogP contribution in [0.4, 0.5) is 4.39 Å². The van der Waals surface area contributed by atoms with Crippen LogP contribution in [0.3, 0.4) is 0 Å². The Morgan fingerprint density at radius 2 is 1.70 bits per heavy atom. The summed E-state index contributed by atoms with van der Waals surface area (Å²) in [7, 11) is 0. The van der Waals surface area contributed by atoms with Gasteiger partial charge in [-0.05, 0) is 43.2 Å². The van der Waals surface area contributed by atoms with Crippen LogP contribution in [0.1, 0.15) is 11.1 Å². The van der Waals surface area contributed by atoms with Crippen LogP contribution in [-0.2, 0) is 0 Å². The van der Waals surface area contributed by atoms with Crippen LogP contribution in [-0.4, -0.2) is 9.78 Å². The number of aryl methyl sites for hydroxylation is 2. The smallest absolute Gasteiger partial charge is 0.123 e. The molecule has 0 aliphatic rings. The second-order valence-corrected chi connectivity index (χ2v) is 4.97. The zero-order chi connectivity index (χ0) is 14.1. The van der Waals surface area contributed by atoms with Crippen LogP contribution in [0, 0.1) is 19.7 Å². The number of hydrogen-bond donors (Lipinski definition) is 0. The van der Waals surface area contributed by atoms with Gasteiger partial charge in [0.2, 0.25) is 0 Å². The Morgan fingerprint density at radius 1 is 0.950 bits per heavy atom. The summed E-state index contributed by atoms with van der Waals surface area (Å²) in [4.78, 5) is 0. The maximum absolute atomic E-state index is 12.9. The number of aromatic nitrogens is 2. The first-order chi connectivity index (χ1) is 9.63. The summed E-state index contributed by atoms with van der Waals surface area (Å²) < 4.78 is 14.8. The van der Waals surface area contributed by atoms with Gasteiger partial charge < -0.3 is 0 Å². The zero-order valence-corrected chi connectivity index (χ0v) is 11.5. The zero-order valence-electron chi connectivity index (χ0n) is 11.5. The highest BCUT2D eigenvalue weighted by Gasteiger charge is 2.06. The van der Waals surface area contributed by atoms with Crippen molar-refractivity contribution in [3.05, 3.63) is 71.8 Å². The Balaban J connectivity index is 1.99. The van der Waals surface area contributed by atoms with Crippen LogP contribution in [0.5, 0.6) is 0 Å². The standard InChI is InChI=1S/C17H15FN2/c1-12-3-8-17(13(2)9-12)20-11-15(10-19-20)14-4-6-16(18)7-5-14/h3-11H,1-2H3. The summed E-state index contributed by atoms with van der Waals surface area (Å²) in [6, 6.07) is 12.7. The molecule has 3 rings (SSSR count). The van der Waals surface area contributed by atoms with Gasteiger partial charge in [-0.2, -0.15) is 5.10 Å². The van der Waals surface area contributed by atoms with E-state index in [9.17, 15) is 4.39 Å². The Morgan fingerprint density at radius 3 is 2.40 bits per heavy atom. The molecule has 1 heterocycles. The highest BCUT2D eigenvalue weighted by Crippen LogP contribution is 2.22. The summed E-state index contributed by atoms with van der Waals surface area (Å²) in [5.74, 6) is -0.226. The average molecular weight is 266 g/mol. The molecular formula is C17H15FN2. The van der Waals surface area contributed by atoms with Crippen LogP contribution in [0.25, 0.3) is 16.8 Å². The molecule has 0 saturated carbocycles. The van der Waals surface area contributed by atoms with Gasteiger partial charge in [-0.1, -0.05) is 29.8 Å². The minimum Gasteiger partial charge on any atom is -0.240 e. The topological polar surface area (TPSA) is 17.8 Å². The molecule has 3 aromatic rings. The van der Waals surface area contributed by atoms with Crippen molar-refractivity contribution in [1.82, 2.24) is 9.78 Å². The highest BCUT2D eigenvalue weighted by molar-refractivity contribution is 5.62. The van der Waals surface area contributed by atoms with Crippen LogP contribution in [0.15, 0.2) is 54.9 Å². The first-order valence-electron chi connectivity index (χ1n) is 6.52. The van der Waals surface area contributed by atoms with Crippen LogP contribution >= 0.6 is 0 Å². The Labute approximate surface area is 117 Å². The monoisotopic (exact) mass is 266 g/mol. The lowest BCUT2D eigenvalue weighted by molar-refractivity contribution is 0.628. The Hall–Kier alpha value is -2.42. The minimum absolute atomic E-state index is 0.226. The van der Waals surface area contributed by atoms with Gasteiger partial charge in [0.15, 0.2) is 0 Å². The molecule has 0 aliphatic heterocycles. The van der Waals surface area contributed by atoms with Gasteiger partial charge in [-0.3, -0.25) is 0 Å². The Kier molecular flexibility index (Phi) is 3.11. The maximum Gasteiger partial charge on any atom is 0.123 e. The van der Waals surface area contributed by atoms with E-state index >= 15 is 0 Å². The molecule has 0 fully saturated rings. The molecule has 1 aromatic heterocycles. The van der Waals surface area contributed by atoms with Crippen molar-refractivity contribution in [3.63, 3.8) is 0 Å². The van der Waals surface area contributed by atoms with Gasteiger partial charge in [-0.25, -0.2) is 9.07 Å². The molecule has 0 bridgehead atoms. The summed E-state index contributed by atoms with van der Waals surface area (Å²) in [6.07, 6.45) is 3.76. The van der Waals surface area contributed by atoms with E-state index in [1.54, 1.807) is 18.3 Å². The molecule has 20 heavy (non-hydrogen) atoms. The molecule has 0 radical (unpaired) electrons. The van der Waals surface area contributed by atoms with E-state index in [0.717, 1.165) is 16.8 Å². The SMILES string of the molecule is Cc1ccc(-n2cc(-c3ccc(F)cc3)cn2)c(C)c1. The van der Waals surface area contributed by atoms with Crippen molar-refractivity contribution in [1.29, 1.82) is 0 Å². The molecule has 100 valence electrons. The molecule has 0 unspecified atom stereocenters. The van der Waals surface area contributed by atoms with Gasteiger partial charge in [-0.15, -0.1) is 0 Å². The van der Waals surface area contributed by atoms with Crippen molar-refractivity contribution in [2.75, 3.05) is 0 Å². The molecule has 0 N–H and O–H groups in total. The maximum atomic E-state index is 12.9. The van der Waals surface area contributed by atoms with Crippen molar-refractivity contribution < 1.29 is 4.39 Å². The molecule has 0 spiro atoms. The summed E-state index contributed by atoms with van der Waals surface area (Å²) in [6.45, 7) is 4.14. The molecule has 2 nitrogen and oxygen atoms in total. The number of nitrogens with zero attached hydrogens (tertiary/aromatic N) is 2. The lowest BCUT2D eigenvalue weighted by atomic mass is 10.1. The molecule has 0 amide bonds. The summed E-state index contributed by atoms with van der Waals surface area (Å²) in [5.41, 5.74) is 5.41. The fourth-order valence-corrected chi connectivity index (χ4v) is 2.31. The van der Waals surface area contributed by atoms with Gasteiger partial charge in [0.25, 0.3) is 0 Å². The second-order valence-electron chi connectivity index (χ2n) is 4.97. The first-order valence-corrected chi connectivity index (χ1v) is 6.52. The van der Waals surface area contributed by atoms with Crippen molar-refractivity contribution in [3.8, 4) is 16.8 Å². The van der Waals surface area contributed by atoms with Gasteiger partial charge in [0.1, 0.15) is 5.82 Å². The van der Waals surface area contributed by atoms with Crippen molar-refractivity contribution in [2.24, 2.45) is 0 Å². The molecule has 0 saturated heterocycles. The van der Waals surface area contributed by atoms with E-state index in [4.69, 9.17) is 0 Å². The van der Waals surface area contributed by atoms with Crippen LogP contribution < -0.4 is 0 Å². The fraction of sp³-hybridized carbons (Fsp3) is 0.118. The molecule has 2 aromatic carbocycles. The summed E-state index contributed by atoms with van der Waals surface area (Å²) in [5, 5.41) is 4.40. The number of benzene rings is 2. The number of hydrogen-bond acceptors (Lipinski definition) is 1. The molecule has 3 heteroatoms. The normalized spacial score (nSPS) is 10.8. The second kappa shape index (κ2) is 4.93. The van der Waals surface area contributed by atoms with E-state index < -0.39 is 0 Å². The van der Waals surface area contributed by atoms with E-state index in [1.807, 2.05) is 10.9 Å². The van der Waals surface area contributed by atoms with Crippen LogP contribution in [0.2, 0.25) is 0 Å². The summed E-state index contributed by atoms with van der Waals surface area (Å²) >= 11 is 0. The van der Waals surface area contributed by atoms with E-state index in [2.05, 4.69) is 37.1 Å². The van der Waals surface area contributed by atoms with Gasteiger partial charge in [0.05, 0.1) is 11.9 Å². The van der Waals surface area contributed by atoms with Crippen molar-refractivity contribution >= 4 is 0 Å². The largest absolute Gasteiger partial charge is 0.240 e. The van der Waals surface area contributed by atoms with Gasteiger partial charge in [0, 0.05) is 11.8 Å². The van der Waals surface area contributed by atoms with E-state index in [1.165, 1.54) is 23.3 Å².